The molecule has 0 atom stereocenters. The van der Waals surface area contributed by atoms with Crippen molar-refractivity contribution < 1.29 is 17.9 Å². The maximum Gasteiger partial charge on any atom is 0.263 e. The molecule has 0 aliphatic heterocycles. The van der Waals surface area contributed by atoms with Gasteiger partial charge in [0.25, 0.3) is 15.9 Å². The Balaban J connectivity index is 1.70. The van der Waals surface area contributed by atoms with Gasteiger partial charge in [0.1, 0.15) is 10.6 Å². The number of thiazole rings is 1. The Kier molecular flexibility index (Phi) is 6.19. The molecule has 2 N–H and O–H groups in total. The fourth-order valence-electron chi connectivity index (χ4n) is 2.55. The lowest BCUT2D eigenvalue weighted by Gasteiger charge is -2.06. The van der Waals surface area contributed by atoms with E-state index in [2.05, 4.69) is 15.0 Å². The second-order valence-electron chi connectivity index (χ2n) is 6.38. The molecule has 0 saturated heterocycles. The highest BCUT2D eigenvalue weighted by atomic mass is 32.2. The van der Waals surface area contributed by atoms with Gasteiger partial charge >= 0.3 is 0 Å². The molecule has 1 heterocycles. The summed E-state index contributed by atoms with van der Waals surface area (Å²) in [6.45, 7) is 4.05. The van der Waals surface area contributed by atoms with Gasteiger partial charge in [0.2, 0.25) is 0 Å². The normalized spacial score (nSPS) is 11.1. The van der Waals surface area contributed by atoms with Crippen LogP contribution in [0.1, 0.15) is 26.5 Å². The van der Waals surface area contributed by atoms with Crippen LogP contribution in [0.2, 0.25) is 0 Å². The minimum absolute atomic E-state index is 0.0801. The molecular formula is C20H21N3O4S2. The lowest BCUT2D eigenvalue weighted by molar-refractivity contribution is 0.0954. The number of aryl methyl sites for hydroxylation is 2. The van der Waals surface area contributed by atoms with Crippen molar-refractivity contribution in [1.29, 1.82) is 0 Å². The lowest BCUT2D eigenvalue weighted by atomic mass is 10.1. The minimum atomic E-state index is -3.82. The first-order valence-electron chi connectivity index (χ1n) is 8.76. The molecule has 0 spiro atoms. The SMILES string of the molecule is COc1ccc(S(=O)(=O)Nc2nc(C)c(C(=O)NCc3ccc(C)cc3)s2)cc1. The van der Waals surface area contributed by atoms with E-state index in [9.17, 15) is 13.2 Å². The topological polar surface area (TPSA) is 97.4 Å². The molecule has 7 nitrogen and oxygen atoms in total. The van der Waals surface area contributed by atoms with Gasteiger partial charge in [-0.05, 0) is 43.7 Å². The van der Waals surface area contributed by atoms with Crippen LogP contribution in [0.15, 0.2) is 53.4 Å². The van der Waals surface area contributed by atoms with E-state index in [0.717, 1.165) is 22.5 Å². The molecule has 1 amide bonds. The molecule has 3 rings (SSSR count). The van der Waals surface area contributed by atoms with Crippen LogP contribution in [0.25, 0.3) is 0 Å². The smallest absolute Gasteiger partial charge is 0.263 e. The number of aromatic nitrogens is 1. The van der Waals surface area contributed by atoms with Crippen LogP contribution >= 0.6 is 11.3 Å². The van der Waals surface area contributed by atoms with Gasteiger partial charge in [-0.2, -0.15) is 0 Å². The molecule has 9 heteroatoms. The Bertz CT molecular complexity index is 1110. The number of ether oxygens (including phenoxy) is 1. The van der Waals surface area contributed by atoms with Crippen molar-refractivity contribution >= 4 is 32.4 Å². The summed E-state index contributed by atoms with van der Waals surface area (Å²) in [5.41, 5.74) is 2.59. The van der Waals surface area contributed by atoms with E-state index in [-0.39, 0.29) is 15.9 Å². The highest BCUT2D eigenvalue weighted by Gasteiger charge is 2.20. The molecule has 0 aliphatic carbocycles. The third-order valence-electron chi connectivity index (χ3n) is 4.17. The number of benzene rings is 2. The summed E-state index contributed by atoms with van der Waals surface area (Å²) in [6, 6.07) is 13.9. The van der Waals surface area contributed by atoms with Crippen molar-refractivity contribution in [2.24, 2.45) is 0 Å². The van der Waals surface area contributed by atoms with Gasteiger partial charge in [-0.1, -0.05) is 41.2 Å². The van der Waals surface area contributed by atoms with Crippen LogP contribution in [0, 0.1) is 13.8 Å². The van der Waals surface area contributed by atoms with Crippen LogP contribution in [0.5, 0.6) is 5.75 Å². The van der Waals surface area contributed by atoms with Crippen molar-refractivity contribution in [3.05, 3.63) is 70.2 Å². The van der Waals surface area contributed by atoms with E-state index in [4.69, 9.17) is 4.74 Å². The molecule has 1 aromatic heterocycles. The Morgan fingerprint density at radius 3 is 2.34 bits per heavy atom. The van der Waals surface area contributed by atoms with Crippen LogP contribution in [0.4, 0.5) is 5.13 Å². The molecule has 0 saturated carbocycles. The zero-order valence-corrected chi connectivity index (χ0v) is 17.9. The zero-order valence-electron chi connectivity index (χ0n) is 16.2. The summed E-state index contributed by atoms with van der Waals surface area (Å²) in [5, 5.41) is 2.97. The van der Waals surface area contributed by atoms with Crippen LogP contribution in [0.3, 0.4) is 0 Å². The molecule has 0 fully saturated rings. The Morgan fingerprint density at radius 1 is 1.07 bits per heavy atom. The summed E-state index contributed by atoms with van der Waals surface area (Å²) in [6.07, 6.45) is 0. The quantitative estimate of drug-likeness (QED) is 0.597. The number of carbonyl (C=O) groups excluding carboxylic acids is 1. The van der Waals surface area contributed by atoms with Crippen molar-refractivity contribution in [2.75, 3.05) is 11.8 Å². The first-order valence-corrected chi connectivity index (χ1v) is 11.1. The number of anilines is 1. The monoisotopic (exact) mass is 431 g/mol. The predicted molar refractivity (Wildman–Crippen MR) is 113 cm³/mol. The van der Waals surface area contributed by atoms with Crippen LogP contribution in [-0.4, -0.2) is 26.4 Å². The first kappa shape index (κ1) is 20.8. The average molecular weight is 432 g/mol. The Labute approximate surface area is 173 Å². The molecule has 0 radical (unpaired) electrons. The Hall–Kier alpha value is -2.91. The fourth-order valence-corrected chi connectivity index (χ4v) is 4.67. The van der Waals surface area contributed by atoms with E-state index in [1.807, 2.05) is 31.2 Å². The standard InChI is InChI=1S/C20H21N3O4S2/c1-13-4-6-15(7-5-13)12-21-19(24)18-14(2)22-20(28-18)23-29(25,26)17-10-8-16(27-3)9-11-17/h4-11H,12H2,1-3H3,(H,21,24)(H,22,23). The number of hydrogen-bond acceptors (Lipinski definition) is 6. The summed E-state index contributed by atoms with van der Waals surface area (Å²) in [5.74, 6) is 0.261. The number of rotatable bonds is 7. The van der Waals surface area contributed by atoms with Gasteiger partial charge in [0.05, 0.1) is 17.7 Å². The van der Waals surface area contributed by atoms with Gasteiger partial charge in [0.15, 0.2) is 5.13 Å². The second-order valence-corrected chi connectivity index (χ2v) is 9.06. The summed E-state index contributed by atoms with van der Waals surface area (Å²) >= 11 is 0.996. The summed E-state index contributed by atoms with van der Waals surface area (Å²) in [4.78, 5) is 17.1. The largest absolute Gasteiger partial charge is 0.497 e. The van der Waals surface area contributed by atoms with Crippen molar-refractivity contribution in [3.8, 4) is 5.75 Å². The first-order chi connectivity index (χ1) is 13.8. The molecule has 2 aromatic carbocycles. The minimum Gasteiger partial charge on any atom is -0.497 e. The van der Waals surface area contributed by atoms with Gasteiger partial charge in [-0.25, -0.2) is 13.4 Å². The fraction of sp³-hybridized carbons (Fsp3) is 0.200. The van der Waals surface area contributed by atoms with E-state index in [1.165, 1.54) is 19.2 Å². The van der Waals surface area contributed by atoms with E-state index >= 15 is 0 Å². The highest BCUT2D eigenvalue weighted by molar-refractivity contribution is 7.93. The third kappa shape index (κ3) is 5.12. The molecule has 0 unspecified atom stereocenters. The number of nitrogens with zero attached hydrogens (tertiary/aromatic N) is 1. The number of nitrogens with one attached hydrogen (secondary N) is 2. The van der Waals surface area contributed by atoms with Gasteiger partial charge < -0.3 is 10.1 Å². The number of sulfonamides is 1. The third-order valence-corrected chi connectivity index (χ3v) is 6.72. The van der Waals surface area contributed by atoms with Crippen LogP contribution < -0.4 is 14.8 Å². The maximum atomic E-state index is 12.5. The summed E-state index contributed by atoms with van der Waals surface area (Å²) in [7, 11) is -2.31. The molecule has 3 aromatic rings. The van der Waals surface area contributed by atoms with Crippen molar-refractivity contribution in [1.82, 2.24) is 10.3 Å². The number of amides is 1. The number of hydrogen-bond donors (Lipinski definition) is 2. The number of carbonyl (C=O) groups is 1. The molecule has 0 bridgehead atoms. The predicted octanol–water partition coefficient (Wildman–Crippen LogP) is 3.50. The van der Waals surface area contributed by atoms with Crippen LogP contribution in [-0.2, 0) is 16.6 Å². The maximum absolute atomic E-state index is 12.5. The van der Waals surface area contributed by atoms with Crippen molar-refractivity contribution in [3.63, 3.8) is 0 Å². The molecule has 0 aliphatic rings. The molecule has 29 heavy (non-hydrogen) atoms. The highest BCUT2D eigenvalue weighted by Crippen LogP contribution is 2.26. The van der Waals surface area contributed by atoms with Gasteiger partial charge in [-0.15, -0.1) is 0 Å². The lowest BCUT2D eigenvalue weighted by Crippen LogP contribution is -2.22. The second kappa shape index (κ2) is 8.62. The van der Waals surface area contributed by atoms with Gasteiger partial charge in [0, 0.05) is 6.54 Å². The van der Waals surface area contributed by atoms with E-state index < -0.39 is 10.0 Å². The zero-order chi connectivity index (χ0) is 21.0. The van der Waals surface area contributed by atoms with E-state index in [0.29, 0.717) is 22.9 Å². The number of methoxy groups -OCH3 is 1. The molecular weight excluding hydrogens is 410 g/mol. The van der Waals surface area contributed by atoms with Crippen molar-refractivity contribution in [2.45, 2.75) is 25.3 Å². The van der Waals surface area contributed by atoms with Gasteiger partial charge in [-0.3, -0.25) is 9.52 Å². The van der Waals surface area contributed by atoms with E-state index in [1.54, 1.807) is 19.1 Å². The molecule has 152 valence electrons. The summed E-state index contributed by atoms with van der Waals surface area (Å²) < 4.78 is 32.6. The Morgan fingerprint density at radius 2 is 1.72 bits per heavy atom. The average Bonchev–Trinajstić information content (AvgIpc) is 3.06.